The van der Waals surface area contributed by atoms with Gasteiger partial charge in [0.1, 0.15) is 6.54 Å². The van der Waals surface area contributed by atoms with E-state index in [-0.39, 0.29) is 18.0 Å². The number of likely N-dealkylation sites (N-methyl/N-ethyl adjacent to an activating group) is 1. The molecule has 0 bridgehead atoms. The van der Waals surface area contributed by atoms with Crippen molar-refractivity contribution in [2.24, 2.45) is 0 Å². The van der Waals surface area contributed by atoms with E-state index < -0.39 is 24.3 Å². The zero-order chi connectivity index (χ0) is 27.7. The predicted octanol–water partition coefficient (Wildman–Crippen LogP) is 3.77. The van der Waals surface area contributed by atoms with Crippen LogP contribution in [0.15, 0.2) is 59.7 Å². The van der Waals surface area contributed by atoms with E-state index in [2.05, 4.69) is 19.6 Å². The second-order valence-corrected chi connectivity index (χ2v) is 8.64. The van der Waals surface area contributed by atoms with Gasteiger partial charge in [0.25, 0.3) is 5.56 Å². The summed E-state index contributed by atoms with van der Waals surface area (Å²) in [4.78, 5) is 32.4. The zero-order valence-corrected chi connectivity index (χ0v) is 21.3. The molecule has 1 amide bonds. The van der Waals surface area contributed by atoms with Crippen molar-refractivity contribution in [1.29, 1.82) is 0 Å². The number of carbonyl (C=O) groups is 1. The predicted molar refractivity (Wildman–Crippen MR) is 137 cm³/mol. The van der Waals surface area contributed by atoms with Crippen molar-refractivity contribution in [3.05, 3.63) is 76.5 Å². The number of aromatic nitrogens is 3. The summed E-state index contributed by atoms with van der Waals surface area (Å²) in [5.74, 6) is -0.0256. The second-order valence-electron chi connectivity index (χ2n) is 8.64. The molecule has 2 aromatic heterocycles. The fourth-order valence-electron chi connectivity index (χ4n) is 4.43. The molecule has 202 valence electrons. The van der Waals surface area contributed by atoms with E-state index >= 15 is 0 Å². The van der Waals surface area contributed by atoms with Crippen molar-refractivity contribution < 1.29 is 32.5 Å². The summed E-state index contributed by atoms with van der Waals surface area (Å²) < 4.78 is 47.8. The summed E-state index contributed by atoms with van der Waals surface area (Å²) in [5.41, 5.74) is 1.18. The fraction of sp³-hybridized carbons (Fsp3) is 0.259. The topological polar surface area (TPSA) is 105 Å². The van der Waals surface area contributed by atoms with Gasteiger partial charge in [-0.05, 0) is 42.8 Å². The molecule has 4 aromatic rings. The minimum atomic E-state index is -3.78. The van der Waals surface area contributed by atoms with Gasteiger partial charge in [0, 0.05) is 42.5 Å². The number of fused-ring (bicyclic) bond motifs is 2. The third-order valence-corrected chi connectivity index (χ3v) is 6.23. The number of carbonyl (C=O) groups excluding carboxylic acids is 1. The Bertz CT molecular complexity index is 1610. The van der Waals surface area contributed by atoms with Gasteiger partial charge in [0.05, 0.1) is 25.3 Å². The van der Waals surface area contributed by atoms with Crippen LogP contribution in [0, 0.1) is 0 Å². The lowest BCUT2D eigenvalue weighted by atomic mass is 10.0. The van der Waals surface area contributed by atoms with Gasteiger partial charge >= 0.3 is 6.29 Å². The van der Waals surface area contributed by atoms with Crippen molar-refractivity contribution in [2.75, 3.05) is 25.7 Å². The number of benzene rings is 2. The van der Waals surface area contributed by atoms with Gasteiger partial charge in [-0.2, -0.15) is 5.10 Å². The summed E-state index contributed by atoms with van der Waals surface area (Å²) in [6, 6.07) is 11.0. The van der Waals surface area contributed by atoms with E-state index in [1.165, 1.54) is 37.3 Å². The Morgan fingerprint density at radius 1 is 1.05 bits per heavy atom. The number of hydrogen-bond acceptors (Lipinski definition) is 8. The number of pyridine rings is 1. The van der Waals surface area contributed by atoms with Gasteiger partial charge in [-0.25, -0.2) is 4.68 Å². The van der Waals surface area contributed by atoms with Crippen LogP contribution in [0.2, 0.25) is 0 Å². The Kier molecular flexibility index (Phi) is 6.77. The molecule has 0 radical (unpaired) electrons. The maximum atomic E-state index is 13.5. The molecule has 0 spiro atoms. The number of halogens is 2. The quantitative estimate of drug-likeness (QED) is 0.334. The first kappa shape index (κ1) is 25.9. The first-order valence-electron chi connectivity index (χ1n) is 12.0. The highest BCUT2D eigenvalue weighted by atomic mass is 19.3. The SMILES string of the molecule is CCN(C(=O)Cn1nc(Cc2cccnc2)c2cc(OC)c(OC)cc2c1=O)c1ccc2c(c1)OC(F)(F)O2. The molecule has 0 aliphatic carbocycles. The molecule has 0 saturated heterocycles. The second kappa shape index (κ2) is 10.2. The molecule has 2 aromatic carbocycles. The smallest absolute Gasteiger partial charge is 0.493 e. The highest BCUT2D eigenvalue weighted by Crippen LogP contribution is 2.43. The van der Waals surface area contributed by atoms with E-state index in [9.17, 15) is 18.4 Å². The maximum Gasteiger partial charge on any atom is 0.586 e. The molecular weight excluding hydrogens is 514 g/mol. The normalized spacial score (nSPS) is 13.4. The van der Waals surface area contributed by atoms with Crippen molar-refractivity contribution in [2.45, 2.75) is 26.2 Å². The van der Waals surface area contributed by atoms with Crippen LogP contribution < -0.4 is 29.4 Å². The van der Waals surface area contributed by atoms with Crippen LogP contribution in [0.4, 0.5) is 14.5 Å². The molecular formula is C27H24F2N4O6. The van der Waals surface area contributed by atoms with Gasteiger partial charge < -0.3 is 23.8 Å². The largest absolute Gasteiger partial charge is 0.586 e. The number of anilines is 1. The number of ether oxygens (including phenoxy) is 4. The summed E-state index contributed by atoms with van der Waals surface area (Å²) in [6.07, 6.45) is -0.100. The molecule has 5 rings (SSSR count). The standard InChI is InChI=1S/C27H24F2N4O6/c1-4-32(17-7-8-21-24(11-17)39-27(28,29)38-21)25(34)15-33-26(35)19-13-23(37-3)22(36-2)12-18(19)20(31-33)10-16-6-5-9-30-14-16/h5-9,11-14H,4,10,15H2,1-3H3. The Labute approximate surface area is 221 Å². The van der Waals surface area contributed by atoms with Crippen LogP contribution in [0.3, 0.4) is 0 Å². The number of alkyl halides is 2. The summed E-state index contributed by atoms with van der Waals surface area (Å²) in [7, 11) is 2.96. The van der Waals surface area contributed by atoms with E-state index in [1.807, 2.05) is 6.07 Å². The molecule has 0 atom stereocenters. The van der Waals surface area contributed by atoms with Crippen molar-refractivity contribution in [1.82, 2.24) is 14.8 Å². The molecule has 10 nitrogen and oxygen atoms in total. The third kappa shape index (κ3) is 5.05. The number of hydrogen-bond donors (Lipinski definition) is 0. The monoisotopic (exact) mass is 538 g/mol. The maximum absolute atomic E-state index is 13.5. The lowest BCUT2D eigenvalue weighted by molar-refractivity contribution is -0.286. The Hall–Kier alpha value is -4.74. The summed E-state index contributed by atoms with van der Waals surface area (Å²) in [5, 5.41) is 5.39. The van der Waals surface area contributed by atoms with Crippen molar-refractivity contribution >= 4 is 22.4 Å². The molecule has 3 heterocycles. The summed E-state index contributed by atoms with van der Waals surface area (Å²) in [6.45, 7) is 1.52. The van der Waals surface area contributed by atoms with Crippen molar-refractivity contribution in [3.63, 3.8) is 0 Å². The fourth-order valence-corrected chi connectivity index (χ4v) is 4.43. The van der Waals surface area contributed by atoms with E-state index in [4.69, 9.17) is 9.47 Å². The average Bonchev–Trinajstić information content (AvgIpc) is 3.24. The number of methoxy groups -OCH3 is 2. The van der Waals surface area contributed by atoms with Gasteiger partial charge in [-0.1, -0.05) is 6.07 Å². The minimum Gasteiger partial charge on any atom is -0.493 e. The first-order chi connectivity index (χ1) is 18.7. The van der Waals surface area contributed by atoms with Crippen LogP contribution in [0.1, 0.15) is 18.2 Å². The Morgan fingerprint density at radius 2 is 1.77 bits per heavy atom. The molecule has 0 N–H and O–H groups in total. The Balaban J connectivity index is 1.54. The highest BCUT2D eigenvalue weighted by Gasteiger charge is 2.43. The lowest BCUT2D eigenvalue weighted by Crippen LogP contribution is -2.37. The molecule has 0 fully saturated rings. The number of amides is 1. The first-order valence-corrected chi connectivity index (χ1v) is 12.0. The van der Waals surface area contributed by atoms with Crippen molar-refractivity contribution in [3.8, 4) is 23.0 Å². The van der Waals surface area contributed by atoms with Crippen LogP contribution in [0.5, 0.6) is 23.0 Å². The molecule has 1 aliphatic rings. The van der Waals surface area contributed by atoms with E-state index in [0.717, 1.165) is 10.2 Å². The number of rotatable bonds is 8. The molecule has 39 heavy (non-hydrogen) atoms. The van der Waals surface area contributed by atoms with E-state index in [1.54, 1.807) is 37.5 Å². The highest BCUT2D eigenvalue weighted by molar-refractivity contribution is 5.94. The van der Waals surface area contributed by atoms with E-state index in [0.29, 0.717) is 40.1 Å². The Morgan fingerprint density at radius 3 is 2.44 bits per heavy atom. The van der Waals surface area contributed by atoms with Gasteiger partial charge in [-0.3, -0.25) is 14.6 Å². The van der Waals surface area contributed by atoms with Crippen LogP contribution in [-0.4, -0.2) is 47.7 Å². The molecule has 1 aliphatic heterocycles. The zero-order valence-electron chi connectivity index (χ0n) is 21.3. The van der Waals surface area contributed by atoms with Gasteiger partial charge in [0.2, 0.25) is 5.91 Å². The molecule has 0 unspecified atom stereocenters. The van der Waals surface area contributed by atoms with Gasteiger partial charge in [-0.15, -0.1) is 8.78 Å². The van der Waals surface area contributed by atoms with Gasteiger partial charge in [0.15, 0.2) is 23.0 Å². The lowest BCUT2D eigenvalue weighted by Gasteiger charge is -2.22. The average molecular weight is 539 g/mol. The van der Waals surface area contributed by atoms with Crippen LogP contribution >= 0.6 is 0 Å². The third-order valence-electron chi connectivity index (χ3n) is 6.23. The van der Waals surface area contributed by atoms with Crippen LogP contribution in [0.25, 0.3) is 10.8 Å². The summed E-state index contributed by atoms with van der Waals surface area (Å²) >= 11 is 0. The number of nitrogens with zero attached hydrogens (tertiary/aromatic N) is 4. The van der Waals surface area contributed by atoms with Crippen LogP contribution in [-0.2, 0) is 17.8 Å². The molecule has 12 heteroatoms. The minimum absolute atomic E-state index is 0.135. The molecule has 0 saturated carbocycles.